The van der Waals surface area contributed by atoms with Crippen LogP contribution in [0.15, 0.2) is 17.8 Å². The third-order valence-electron chi connectivity index (χ3n) is 3.24. The number of hydrogen-bond acceptors (Lipinski definition) is 5. The summed E-state index contributed by atoms with van der Waals surface area (Å²) >= 11 is 7.90. The summed E-state index contributed by atoms with van der Waals surface area (Å²) < 4.78 is 0. The topological polar surface area (TPSA) is 41.1 Å². The summed E-state index contributed by atoms with van der Waals surface area (Å²) in [4.78, 5) is 12.1. The molecule has 0 unspecified atom stereocenters. The van der Waals surface area contributed by atoms with E-state index >= 15 is 0 Å². The molecular formula is C15H21ClN4S. The molecule has 0 saturated heterocycles. The van der Waals surface area contributed by atoms with Crippen molar-refractivity contribution in [3.05, 3.63) is 38.9 Å². The first kappa shape index (κ1) is 16.2. The molecule has 21 heavy (non-hydrogen) atoms. The molecule has 6 heteroatoms. The first-order valence-electron chi connectivity index (χ1n) is 6.95. The Morgan fingerprint density at radius 3 is 2.76 bits per heavy atom. The van der Waals surface area contributed by atoms with Gasteiger partial charge >= 0.3 is 0 Å². The van der Waals surface area contributed by atoms with E-state index in [0.29, 0.717) is 11.1 Å². The largest absolute Gasteiger partial charge is 0.354 e. The number of aryl methyl sites for hydroxylation is 1. The van der Waals surface area contributed by atoms with E-state index < -0.39 is 0 Å². The third kappa shape index (κ3) is 4.40. The molecule has 0 spiro atoms. The molecule has 2 aromatic heterocycles. The highest BCUT2D eigenvalue weighted by molar-refractivity contribution is 7.09. The van der Waals surface area contributed by atoms with Crippen molar-refractivity contribution in [2.24, 2.45) is 0 Å². The fourth-order valence-electron chi connectivity index (χ4n) is 1.90. The van der Waals surface area contributed by atoms with Crippen molar-refractivity contribution in [3.8, 4) is 0 Å². The van der Waals surface area contributed by atoms with Gasteiger partial charge in [0.1, 0.15) is 5.82 Å². The Labute approximate surface area is 135 Å². The number of nitrogens with one attached hydrogen (secondary N) is 1. The van der Waals surface area contributed by atoms with Crippen molar-refractivity contribution in [3.63, 3.8) is 0 Å². The summed E-state index contributed by atoms with van der Waals surface area (Å²) in [5, 5.41) is 4.09. The van der Waals surface area contributed by atoms with E-state index in [1.54, 1.807) is 17.5 Å². The first-order chi connectivity index (χ1) is 9.97. The monoisotopic (exact) mass is 324 g/mol. The lowest BCUT2D eigenvalue weighted by molar-refractivity contribution is 0.588. The van der Waals surface area contributed by atoms with Crippen LogP contribution in [0.4, 0.5) is 5.82 Å². The van der Waals surface area contributed by atoms with Crippen LogP contribution in [-0.2, 0) is 13.1 Å². The molecule has 2 heterocycles. The summed E-state index contributed by atoms with van der Waals surface area (Å²) in [5.41, 5.74) is 4.04. The summed E-state index contributed by atoms with van der Waals surface area (Å²) in [7, 11) is 2.04. The Morgan fingerprint density at radius 1 is 1.38 bits per heavy atom. The second kappa shape index (κ2) is 7.20. The Hall–Kier alpha value is -1.17. The minimum atomic E-state index is 0.426. The normalized spacial score (nSPS) is 11.1. The highest BCUT2D eigenvalue weighted by Gasteiger charge is 2.10. The van der Waals surface area contributed by atoms with Crippen LogP contribution in [0.1, 0.15) is 30.0 Å². The van der Waals surface area contributed by atoms with Gasteiger partial charge in [0.05, 0.1) is 22.8 Å². The Kier molecular flexibility index (Phi) is 5.56. The minimum Gasteiger partial charge on any atom is -0.354 e. The van der Waals surface area contributed by atoms with E-state index in [1.165, 1.54) is 4.88 Å². The van der Waals surface area contributed by atoms with Gasteiger partial charge in [-0.05, 0) is 18.6 Å². The van der Waals surface area contributed by atoms with Crippen molar-refractivity contribution >= 4 is 28.8 Å². The van der Waals surface area contributed by atoms with Crippen LogP contribution in [0.25, 0.3) is 0 Å². The van der Waals surface area contributed by atoms with E-state index in [-0.39, 0.29) is 0 Å². The minimum absolute atomic E-state index is 0.426. The standard InChI is InChI=1S/C15H21ClN4S/c1-10(2)17-6-12-5-15(18-7-13(12)16)20(4)8-14-11(3)19-9-21-14/h5,7,9-10,17H,6,8H2,1-4H3. The molecule has 0 amide bonds. The maximum absolute atomic E-state index is 6.22. The quantitative estimate of drug-likeness (QED) is 0.881. The zero-order valence-corrected chi connectivity index (χ0v) is 14.4. The number of rotatable bonds is 6. The smallest absolute Gasteiger partial charge is 0.128 e. The van der Waals surface area contributed by atoms with Crippen molar-refractivity contribution < 1.29 is 0 Å². The molecule has 2 aromatic rings. The second-order valence-electron chi connectivity index (χ2n) is 5.39. The Morgan fingerprint density at radius 2 is 2.14 bits per heavy atom. The predicted octanol–water partition coefficient (Wildman–Crippen LogP) is 3.63. The van der Waals surface area contributed by atoms with Crippen molar-refractivity contribution in [2.75, 3.05) is 11.9 Å². The molecule has 4 nitrogen and oxygen atoms in total. The molecule has 1 N–H and O–H groups in total. The fourth-order valence-corrected chi connectivity index (χ4v) is 2.90. The first-order valence-corrected chi connectivity index (χ1v) is 8.21. The molecule has 0 radical (unpaired) electrons. The van der Waals surface area contributed by atoms with Gasteiger partial charge in [0.25, 0.3) is 0 Å². The van der Waals surface area contributed by atoms with Crippen LogP contribution >= 0.6 is 22.9 Å². The maximum atomic E-state index is 6.22. The number of thiazole rings is 1. The molecule has 0 saturated carbocycles. The van der Waals surface area contributed by atoms with Crippen LogP contribution in [-0.4, -0.2) is 23.1 Å². The van der Waals surface area contributed by atoms with Gasteiger partial charge in [-0.2, -0.15) is 0 Å². The van der Waals surface area contributed by atoms with E-state index in [2.05, 4.69) is 34.0 Å². The zero-order chi connectivity index (χ0) is 15.4. The summed E-state index contributed by atoms with van der Waals surface area (Å²) in [6, 6.07) is 2.48. The summed E-state index contributed by atoms with van der Waals surface area (Å²) in [6.07, 6.45) is 1.73. The van der Waals surface area contributed by atoms with Gasteiger partial charge in [0.15, 0.2) is 0 Å². The van der Waals surface area contributed by atoms with Crippen molar-refractivity contribution in [1.82, 2.24) is 15.3 Å². The van der Waals surface area contributed by atoms with Crippen molar-refractivity contribution in [1.29, 1.82) is 0 Å². The van der Waals surface area contributed by atoms with Crippen LogP contribution in [0.2, 0.25) is 5.02 Å². The van der Waals surface area contributed by atoms with Crippen LogP contribution in [0.3, 0.4) is 0 Å². The lowest BCUT2D eigenvalue weighted by Gasteiger charge is -2.19. The molecule has 0 aromatic carbocycles. The molecule has 0 aliphatic heterocycles. The molecule has 0 aliphatic rings. The number of hydrogen-bond donors (Lipinski definition) is 1. The van der Waals surface area contributed by atoms with Gasteiger partial charge in [-0.1, -0.05) is 25.4 Å². The average Bonchev–Trinajstić information content (AvgIpc) is 2.83. The summed E-state index contributed by atoms with van der Waals surface area (Å²) in [6.45, 7) is 7.83. The number of nitrogens with zero attached hydrogens (tertiary/aromatic N) is 3. The fraction of sp³-hybridized carbons (Fsp3) is 0.467. The molecule has 0 fully saturated rings. The number of aromatic nitrogens is 2. The second-order valence-corrected chi connectivity index (χ2v) is 6.73. The van der Waals surface area contributed by atoms with E-state index in [0.717, 1.165) is 30.2 Å². The van der Waals surface area contributed by atoms with Crippen molar-refractivity contribution in [2.45, 2.75) is 39.9 Å². The Balaban J connectivity index is 2.12. The number of anilines is 1. The lowest BCUT2D eigenvalue weighted by atomic mass is 10.2. The van der Waals surface area contributed by atoms with Crippen LogP contribution in [0.5, 0.6) is 0 Å². The molecular weight excluding hydrogens is 304 g/mol. The molecule has 0 atom stereocenters. The van der Waals surface area contributed by atoms with Gasteiger partial charge in [-0.3, -0.25) is 0 Å². The van der Waals surface area contributed by atoms with Crippen LogP contribution < -0.4 is 10.2 Å². The highest BCUT2D eigenvalue weighted by atomic mass is 35.5. The van der Waals surface area contributed by atoms with Gasteiger partial charge in [0, 0.05) is 30.7 Å². The van der Waals surface area contributed by atoms with Crippen LogP contribution in [0, 0.1) is 6.92 Å². The van der Waals surface area contributed by atoms with Gasteiger partial charge < -0.3 is 10.2 Å². The zero-order valence-electron chi connectivity index (χ0n) is 12.9. The predicted molar refractivity (Wildman–Crippen MR) is 90.2 cm³/mol. The molecule has 114 valence electrons. The molecule has 2 rings (SSSR count). The van der Waals surface area contributed by atoms with E-state index in [4.69, 9.17) is 11.6 Å². The maximum Gasteiger partial charge on any atom is 0.128 e. The third-order valence-corrected chi connectivity index (χ3v) is 4.50. The number of pyridine rings is 1. The van der Waals surface area contributed by atoms with E-state index in [1.807, 2.05) is 25.5 Å². The SMILES string of the molecule is Cc1ncsc1CN(C)c1cc(CNC(C)C)c(Cl)cn1. The molecule has 0 bridgehead atoms. The highest BCUT2D eigenvalue weighted by Crippen LogP contribution is 2.22. The van der Waals surface area contributed by atoms with Gasteiger partial charge in [-0.25, -0.2) is 9.97 Å². The number of halogens is 1. The average molecular weight is 325 g/mol. The summed E-state index contributed by atoms with van der Waals surface area (Å²) in [5.74, 6) is 0.924. The van der Waals surface area contributed by atoms with E-state index in [9.17, 15) is 0 Å². The Bertz CT molecular complexity index is 597. The lowest BCUT2D eigenvalue weighted by Crippen LogP contribution is -2.23. The molecule has 0 aliphatic carbocycles. The van der Waals surface area contributed by atoms with Gasteiger partial charge in [-0.15, -0.1) is 11.3 Å². The van der Waals surface area contributed by atoms with Gasteiger partial charge in [0.2, 0.25) is 0 Å².